The van der Waals surface area contributed by atoms with E-state index in [0.29, 0.717) is 0 Å². The fourth-order valence-corrected chi connectivity index (χ4v) is 4.07. The quantitative estimate of drug-likeness (QED) is 0.687. The van der Waals surface area contributed by atoms with Crippen molar-refractivity contribution < 1.29 is 0 Å². The Morgan fingerprint density at radius 1 is 1.31 bits per heavy atom. The smallest absolute Gasteiger partial charge is 0.0761 e. The highest BCUT2D eigenvalue weighted by molar-refractivity contribution is 9.09. The first-order chi connectivity index (χ1) is 6.29. The van der Waals surface area contributed by atoms with E-state index in [-0.39, 0.29) is 4.83 Å². The Morgan fingerprint density at radius 2 is 2.15 bits per heavy atom. The van der Waals surface area contributed by atoms with Gasteiger partial charge in [-0.2, -0.15) is 11.3 Å². The maximum Gasteiger partial charge on any atom is 0.0761 e. The van der Waals surface area contributed by atoms with Crippen molar-refractivity contribution in [3.05, 3.63) is 43.7 Å². The number of hydrogen-bond donors (Lipinski definition) is 0. The molecular weight excluding hydrogens is 288 g/mol. The van der Waals surface area contributed by atoms with Crippen molar-refractivity contribution in [3.8, 4) is 0 Å². The van der Waals surface area contributed by atoms with Gasteiger partial charge in [0.1, 0.15) is 0 Å². The van der Waals surface area contributed by atoms with Gasteiger partial charge < -0.3 is 0 Å². The number of halogens is 2. The van der Waals surface area contributed by atoms with Crippen LogP contribution in [-0.4, -0.2) is 0 Å². The van der Waals surface area contributed by atoms with Gasteiger partial charge in [-0.3, -0.25) is 0 Å². The molecule has 2 rings (SSSR count). The lowest BCUT2D eigenvalue weighted by Gasteiger charge is -2.05. The Balaban J connectivity index is 2.33. The van der Waals surface area contributed by atoms with Crippen molar-refractivity contribution >= 4 is 50.2 Å². The van der Waals surface area contributed by atoms with Crippen LogP contribution in [0.3, 0.4) is 0 Å². The molecule has 0 radical (unpaired) electrons. The fourth-order valence-electron chi connectivity index (χ4n) is 1.06. The normalized spacial score (nSPS) is 13.1. The van der Waals surface area contributed by atoms with Crippen molar-refractivity contribution in [2.24, 2.45) is 0 Å². The molecule has 0 saturated heterocycles. The molecular formula is C9H6BrClS2. The summed E-state index contributed by atoms with van der Waals surface area (Å²) in [4.78, 5) is 1.42. The van der Waals surface area contributed by atoms with Gasteiger partial charge in [-0.1, -0.05) is 27.5 Å². The summed E-state index contributed by atoms with van der Waals surface area (Å²) >= 11 is 13.1. The lowest BCUT2D eigenvalue weighted by Crippen LogP contribution is -1.86. The summed E-state index contributed by atoms with van der Waals surface area (Å²) in [6, 6.07) is 4.04. The molecule has 1 unspecified atom stereocenters. The largest absolute Gasteiger partial charge is 0.152 e. The zero-order chi connectivity index (χ0) is 9.26. The summed E-state index contributed by atoms with van der Waals surface area (Å²) in [5.74, 6) is 0. The van der Waals surface area contributed by atoms with Crippen LogP contribution in [0, 0.1) is 0 Å². The summed E-state index contributed by atoms with van der Waals surface area (Å²) in [7, 11) is 0. The molecule has 0 aliphatic heterocycles. The Kier molecular flexibility index (Phi) is 3.09. The summed E-state index contributed by atoms with van der Waals surface area (Å²) in [6.07, 6.45) is 0. The molecule has 0 fully saturated rings. The van der Waals surface area contributed by atoms with Gasteiger partial charge in [-0.15, -0.1) is 11.3 Å². The third kappa shape index (κ3) is 1.99. The monoisotopic (exact) mass is 292 g/mol. The van der Waals surface area contributed by atoms with Gasteiger partial charge in [0.15, 0.2) is 0 Å². The molecule has 0 aromatic carbocycles. The van der Waals surface area contributed by atoms with Crippen LogP contribution in [0.5, 0.6) is 0 Å². The van der Waals surface area contributed by atoms with Crippen LogP contribution in [-0.2, 0) is 0 Å². The molecule has 0 saturated carbocycles. The van der Waals surface area contributed by atoms with E-state index in [1.165, 1.54) is 10.4 Å². The number of hydrogen-bond acceptors (Lipinski definition) is 2. The molecule has 1 atom stereocenters. The van der Waals surface area contributed by atoms with E-state index in [1.807, 2.05) is 11.4 Å². The minimum Gasteiger partial charge on any atom is -0.152 e. The first kappa shape index (κ1) is 9.71. The predicted molar refractivity (Wildman–Crippen MR) is 64.4 cm³/mol. The van der Waals surface area contributed by atoms with Crippen LogP contribution in [0.4, 0.5) is 0 Å². The van der Waals surface area contributed by atoms with E-state index in [0.717, 1.165) is 5.02 Å². The van der Waals surface area contributed by atoms with Gasteiger partial charge in [0.25, 0.3) is 0 Å². The van der Waals surface area contributed by atoms with Crippen molar-refractivity contribution in [1.29, 1.82) is 0 Å². The molecule has 13 heavy (non-hydrogen) atoms. The highest BCUT2D eigenvalue weighted by Crippen LogP contribution is 2.39. The number of alkyl halides is 1. The van der Waals surface area contributed by atoms with E-state index in [2.05, 4.69) is 32.8 Å². The second kappa shape index (κ2) is 4.13. The molecule has 68 valence electrons. The second-order valence-corrected chi connectivity index (χ2v) is 5.60. The lowest BCUT2D eigenvalue weighted by atomic mass is 10.2. The zero-order valence-electron chi connectivity index (χ0n) is 6.54. The average molecular weight is 294 g/mol. The van der Waals surface area contributed by atoms with Crippen LogP contribution in [0.15, 0.2) is 28.3 Å². The van der Waals surface area contributed by atoms with E-state index in [1.54, 1.807) is 22.7 Å². The Bertz CT molecular complexity index is 380. The third-order valence-corrected chi connectivity index (χ3v) is 5.13. The SMILES string of the molecule is Clc1ccsc1C(Br)c1ccsc1. The molecule has 0 bridgehead atoms. The fraction of sp³-hybridized carbons (Fsp3) is 0.111. The second-order valence-electron chi connectivity index (χ2n) is 2.55. The topological polar surface area (TPSA) is 0 Å². The van der Waals surface area contributed by atoms with Gasteiger partial charge in [0.05, 0.1) is 9.85 Å². The summed E-state index contributed by atoms with van der Waals surface area (Å²) in [5, 5.41) is 7.07. The lowest BCUT2D eigenvalue weighted by molar-refractivity contribution is 1.25. The molecule has 2 aromatic heterocycles. The maximum atomic E-state index is 6.04. The van der Waals surface area contributed by atoms with Crippen molar-refractivity contribution in [3.63, 3.8) is 0 Å². The maximum absolute atomic E-state index is 6.04. The first-order valence-electron chi connectivity index (χ1n) is 3.68. The summed E-state index contributed by atoms with van der Waals surface area (Å²) in [6.45, 7) is 0. The standard InChI is InChI=1S/C9H6BrClS2/c10-8(6-1-3-12-5-6)9-7(11)2-4-13-9/h1-5,8H. The van der Waals surface area contributed by atoms with Gasteiger partial charge in [0.2, 0.25) is 0 Å². The van der Waals surface area contributed by atoms with Crippen molar-refractivity contribution in [2.75, 3.05) is 0 Å². The predicted octanol–water partition coefficient (Wildman–Crippen LogP) is 4.95. The molecule has 0 N–H and O–H groups in total. The Morgan fingerprint density at radius 3 is 2.69 bits per heavy atom. The average Bonchev–Trinajstić information content (AvgIpc) is 2.72. The van der Waals surface area contributed by atoms with E-state index in [9.17, 15) is 0 Å². The van der Waals surface area contributed by atoms with E-state index >= 15 is 0 Å². The van der Waals surface area contributed by atoms with Gasteiger partial charge in [-0.25, -0.2) is 0 Å². The molecule has 0 aliphatic rings. The highest BCUT2D eigenvalue weighted by atomic mass is 79.9. The van der Waals surface area contributed by atoms with Gasteiger partial charge in [-0.05, 0) is 33.8 Å². The molecule has 0 nitrogen and oxygen atoms in total. The van der Waals surface area contributed by atoms with Gasteiger partial charge >= 0.3 is 0 Å². The van der Waals surface area contributed by atoms with E-state index < -0.39 is 0 Å². The summed E-state index contributed by atoms with van der Waals surface area (Å²) < 4.78 is 0. The molecule has 0 aliphatic carbocycles. The van der Waals surface area contributed by atoms with Crippen LogP contribution < -0.4 is 0 Å². The Hall–Kier alpha value is 0.170. The molecule has 4 heteroatoms. The third-order valence-electron chi connectivity index (χ3n) is 1.71. The first-order valence-corrected chi connectivity index (χ1v) is 6.79. The van der Waals surface area contributed by atoms with Crippen LogP contribution in [0.2, 0.25) is 5.02 Å². The summed E-state index contributed by atoms with van der Waals surface area (Å²) in [5.41, 5.74) is 1.27. The van der Waals surface area contributed by atoms with Gasteiger partial charge in [0, 0.05) is 4.88 Å². The molecule has 0 spiro atoms. The van der Waals surface area contributed by atoms with Crippen molar-refractivity contribution in [1.82, 2.24) is 0 Å². The minimum absolute atomic E-state index is 0.242. The molecule has 2 heterocycles. The molecule has 0 amide bonds. The number of rotatable bonds is 2. The van der Waals surface area contributed by atoms with Crippen LogP contribution in [0.1, 0.15) is 15.3 Å². The molecule has 2 aromatic rings. The van der Waals surface area contributed by atoms with Crippen LogP contribution >= 0.6 is 50.2 Å². The minimum atomic E-state index is 0.242. The highest BCUT2D eigenvalue weighted by Gasteiger charge is 2.14. The zero-order valence-corrected chi connectivity index (χ0v) is 10.5. The van der Waals surface area contributed by atoms with E-state index in [4.69, 9.17) is 11.6 Å². The van der Waals surface area contributed by atoms with Crippen molar-refractivity contribution in [2.45, 2.75) is 4.83 Å². The van der Waals surface area contributed by atoms with Crippen LogP contribution in [0.25, 0.3) is 0 Å². The number of thiophene rings is 2. The Labute approximate surface area is 98.3 Å².